The molecule has 0 aliphatic rings. The molecule has 0 amide bonds. The van der Waals surface area contributed by atoms with Gasteiger partial charge in [0.2, 0.25) is 0 Å². The molecule has 1 aromatic heterocycles. The zero-order valence-corrected chi connectivity index (χ0v) is 9.55. The fourth-order valence-electron chi connectivity index (χ4n) is 1.55. The van der Waals surface area contributed by atoms with Crippen LogP contribution in [0, 0.1) is 6.92 Å². The Morgan fingerprint density at radius 1 is 1.40 bits per heavy atom. The molecule has 2 rings (SSSR count). The van der Waals surface area contributed by atoms with Crippen LogP contribution < -0.4 is 0 Å². The molecule has 0 N–H and O–H groups in total. The van der Waals surface area contributed by atoms with Gasteiger partial charge in [-0.3, -0.25) is 4.98 Å². The first kappa shape index (κ1) is 10.2. The number of pyridine rings is 1. The number of aromatic nitrogens is 1. The molecule has 2 heteroatoms. The number of para-hydroxylation sites is 1. The van der Waals surface area contributed by atoms with Gasteiger partial charge < -0.3 is 0 Å². The van der Waals surface area contributed by atoms with Gasteiger partial charge in [-0.1, -0.05) is 18.2 Å². The van der Waals surface area contributed by atoms with Crippen LogP contribution in [0.3, 0.4) is 0 Å². The molecule has 0 aliphatic carbocycles. The van der Waals surface area contributed by atoms with E-state index in [0.29, 0.717) is 0 Å². The van der Waals surface area contributed by atoms with Crippen molar-refractivity contribution in [2.75, 3.05) is 5.75 Å². The van der Waals surface area contributed by atoms with E-state index in [1.54, 1.807) is 11.8 Å². The van der Waals surface area contributed by atoms with Gasteiger partial charge >= 0.3 is 0 Å². The molecule has 0 atom stereocenters. The van der Waals surface area contributed by atoms with Crippen LogP contribution in [0.25, 0.3) is 10.9 Å². The molecule has 0 radical (unpaired) electrons. The van der Waals surface area contributed by atoms with E-state index in [1.807, 2.05) is 18.3 Å². The Kier molecular flexibility index (Phi) is 3.07. The number of benzene rings is 1. The molecule has 15 heavy (non-hydrogen) atoms. The molecule has 0 saturated heterocycles. The lowest BCUT2D eigenvalue weighted by molar-refractivity contribution is 1.32. The third kappa shape index (κ3) is 2.05. The van der Waals surface area contributed by atoms with Crippen molar-refractivity contribution in [3.63, 3.8) is 0 Å². The lowest BCUT2D eigenvalue weighted by Gasteiger charge is -2.05. The van der Waals surface area contributed by atoms with Gasteiger partial charge in [0, 0.05) is 22.2 Å². The molecule has 76 valence electrons. The summed E-state index contributed by atoms with van der Waals surface area (Å²) in [6.45, 7) is 5.85. The highest BCUT2D eigenvalue weighted by Crippen LogP contribution is 2.27. The maximum absolute atomic E-state index is 4.44. The van der Waals surface area contributed by atoms with Crippen LogP contribution in [-0.4, -0.2) is 10.7 Å². The Balaban J connectivity index is 2.55. The number of aryl methyl sites for hydroxylation is 1. The van der Waals surface area contributed by atoms with Crippen molar-refractivity contribution in [3.8, 4) is 0 Å². The number of hydrogen-bond donors (Lipinski definition) is 0. The van der Waals surface area contributed by atoms with E-state index >= 15 is 0 Å². The fourth-order valence-corrected chi connectivity index (χ4v) is 2.32. The minimum Gasteiger partial charge on any atom is -0.255 e. The van der Waals surface area contributed by atoms with E-state index in [4.69, 9.17) is 0 Å². The van der Waals surface area contributed by atoms with Crippen molar-refractivity contribution in [1.29, 1.82) is 0 Å². The molecule has 0 spiro atoms. The first-order chi connectivity index (χ1) is 7.33. The van der Waals surface area contributed by atoms with Crippen molar-refractivity contribution in [1.82, 2.24) is 4.98 Å². The minimum atomic E-state index is 0.925. The van der Waals surface area contributed by atoms with Gasteiger partial charge in [0.15, 0.2) is 0 Å². The highest BCUT2D eigenvalue weighted by Gasteiger charge is 2.03. The number of nitrogens with zero attached hydrogens (tertiary/aromatic N) is 1. The molecular weight excluding hydrogens is 202 g/mol. The average molecular weight is 215 g/mol. The van der Waals surface area contributed by atoms with Crippen LogP contribution in [0.15, 0.2) is 48.0 Å². The SMILES string of the molecule is C=CCSc1cccc2c(C)ccnc12. The molecule has 2 aromatic rings. The topological polar surface area (TPSA) is 12.9 Å². The number of fused-ring (bicyclic) bond motifs is 1. The number of thioether (sulfide) groups is 1. The molecule has 1 nitrogen and oxygen atoms in total. The summed E-state index contributed by atoms with van der Waals surface area (Å²) in [4.78, 5) is 5.67. The van der Waals surface area contributed by atoms with E-state index in [9.17, 15) is 0 Å². The second-order valence-corrected chi connectivity index (χ2v) is 4.44. The molecular formula is C13H13NS. The highest BCUT2D eigenvalue weighted by atomic mass is 32.2. The van der Waals surface area contributed by atoms with Crippen LogP contribution >= 0.6 is 11.8 Å². The van der Waals surface area contributed by atoms with Gasteiger partial charge in [0.25, 0.3) is 0 Å². The molecule has 0 unspecified atom stereocenters. The second kappa shape index (κ2) is 4.49. The zero-order chi connectivity index (χ0) is 10.7. The maximum Gasteiger partial charge on any atom is 0.0840 e. The predicted octanol–water partition coefficient (Wildman–Crippen LogP) is 3.82. The predicted molar refractivity (Wildman–Crippen MR) is 67.4 cm³/mol. The first-order valence-electron chi connectivity index (χ1n) is 4.91. The Morgan fingerprint density at radius 3 is 3.07 bits per heavy atom. The van der Waals surface area contributed by atoms with Crippen LogP contribution in [-0.2, 0) is 0 Å². The number of rotatable bonds is 3. The van der Waals surface area contributed by atoms with Crippen LogP contribution in [0.1, 0.15) is 5.56 Å². The lowest BCUT2D eigenvalue weighted by atomic mass is 10.1. The third-order valence-electron chi connectivity index (χ3n) is 2.31. The van der Waals surface area contributed by atoms with E-state index in [-0.39, 0.29) is 0 Å². The van der Waals surface area contributed by atoms with Gasteiger partial charge in [0.05, 0.1) is 5.52 Å². The quantitative estimate of drug-likeness (QED) is 0.570. The average Bonchev–Trinajstić information content (AvgIpc) is 2.27. The van der Waals surface area contributed by atoms with E-state index in [1.165, 1.54) is 15.8 Å². The van der Waals surface area contributed by atoms with Gasteiger partial charge in [-0.25, -0.2) is 0 Å². The zero-order valence-electron chi connectivity index (χ0n) is 8.73. The van der Waals surface area contributed by atoms with E-state index in [0.717, 1.165) is 11.3 Å². The summed E-state index contributed by atoms with van der Waals surface area (Å²) in [5, 5.41) is 1.24. The fraction of sp³-hybridized carbons (Fsp3) is 0.154. The summed E-state index contributed by atoms with van der Waals surface area (Å²) in [5.74, 6) is 0.925. The molecule has 1 heterocycles. The normalized spacial score (nSPS) is 10.5. The van der Waals surface area contributed by atoms with Crippen molar-refractivity contribution < 1.29 is 0 Å². The summed E-state index contributed by atoms with van der Waals surface area (Å²) in [5.41, 5.74) is 2.38. The lowest BCUT2D eigenvalue weighted by Crippen LogP contribution is -1.85. The minimum absolute atomic E-state index is 0.925. The smallest absolute Gasteiger partial charge is 0.0840 e. The summed E-state index contributed by atoms with van der Waals surface area (Å²) >= 11 is 1.78. The van der Waals surface area contributed by atoms with Gasteiger partial charge in [-0.2, -0.15) is 0 Å². The second-order valence-electron chi connectivity index (χ2n) is 3.38. The molecule has 0 saturated carbocycles. The standard InChI is InChI=1S/C13H13NS/c1-3-9-15-12-6-4-5-11-10(2)7-8-14-13(11)12/h3-8H,1,9H2,2H3. The largest absolute Gasteiger partial charge is 0.255 e. The van der Waals surface area contributed by atoms with Gasteiger partial charge in [-0.15, -0.1) is 18.3 Å². The highest BCUT2D eigenvalue weighted by molar-refractivity contribution is 7.99. The summed E-state index contributed by atoms with van der Waals surface area (Å²) in [6, 6.07) is 8.37. The van der Waals surface area contributed by atoms with Crippen LogP contribution in [0.5, 0.6) is 0 Å². The summed E-state index contributed by atoms with van der Waals surface area (Å²) in [6.07, 6.45) is 3.79. The molecule has 0 bridgehead atoms. The van der Waals surface area contributed by atoms with Crippen molar-refractivity contribution >= 4 is 22.7 Å². The van der Waals surface area contributed by atoms with Gasteiger partial charge in [-0.05, 0) is 24.6 Å². The van der Waals surface area contributed by atoms with Crippen molar-refractivity contribution in [2.24, 2.45) is 0 Å². The molecule has 0 aliphatic heterocycles. The number of hydrogen-bond acceptors (Lipinski definition) is 2. The summed E-state index contributed by atoms with van der Waals surface area (Å²) in [7, 11) is 0. The monoisotopic (exact) mass is 215 g/mol. The van der Waals surface area contributed by atoms with Crippen LogP contribution in [0.2, 0.25) is 0 Å². The van der Waals surface area contributed by atoms with Crippen molar-refractivity contribution in [2.45, 2.75) is 11.8 Å². The molecule has 0 fully saturated rings. The van der Waals surface area contributed by atoms with Gasteiger partial charge in [0.1, 0.15) is 0 Å². The summed E-state index contributed by atoms with van der Waals surface area (Å²) < 4.78 is 0. The Hall–Kier alpha value is -1.28. The van der Waals surface area contributed by atoms with Crippen LogP contribution in [0.4, 0.5) is 0 Å². The van der Waals surface area contributed by atoms with E-state index < -0.39 is 0 Å². The van der Waals surface area contributed by atoms with Crippen molar-refractivity contribution in [3.05, 3.63) is 48.7 Å². The Morgan fingerprint density at radius 2 is 2.27 bits per heavy atom. The molecule has 1 aromatic carbocycles. The Labute approximate surface area is 94.2 Å². The Bertz CT molecular complexity index is 491. The first-order valence-corrected chi connectivity index (χ1v) is 5.89. The third-order valence-corrected chi connectivity index (χ3v) is 3.35. The maximum atomic E-state index is 4.44. The van der Waals surface area contributed by atoms with E-state index in [2.05, 4.69) is 36.7 Å².